The fraction of sp³-hybridized carbons (Fsp3) is 0.0588. The zero-order valence-electron chi connectivity index (χ0n) is 14.4. The van der Waals surface area contributed by atoms with E-state index in [1.165, 1.54) is 10.9 Å². The highest BCUT2D eigenvalue weighted by molar-refractivity contribution is 6.46. The van der Waals surface area contributed by atoms with Crippen LogP contribution in [0.3, 0.4) is 0 Å². The first-order valence-electron chi connectivity index (χ1n) is 7.78. The molecule has 0 aliphatic rings. The van der Waals surface area contributed by atoms with Gasteiger partial charge in [0.05, 0.1) is 28.8 Å². The first-order valence-corrected chi connectivity index (χ1v) is 9.67. The minimum atomic E-state index is -1.36. The summed E-state index contributed by atoms with van der Waals surface area (Å²) in [5.74, 6) is -1.36. The third-order valence-electron chi connectivity index (χ3n) is 3.71. The fourth-order valence-corrected chi connectivity index (χ4v) is 3.52. The van der Waals surface area contributed by atoms with Gasteiger partial charge in [-0.3, -0.25) is 5.43 Å². The highest BCUT2D eigenvalue weighted by atomic mass is 35.5. The molecule has 2 N–H and O–H groups in total. The monoisotopic (exact) mass is 491 g/mol. The van der Waals surface area contributed by atoms with Gasteiger partial charge in [0.25, 0.3) is 0 Å². The van der Waals surface area contributed by atoms with Gasteiger partial charge in [0, 0.05) is 5.02 Å². The lowest BCUT2D eigenvalue weighted by Gasteiger charge is -2.09. The van der Waals surface area contributed by atoms with Gasteiger partial charge >= 0.3 is 5.97 Å². The van der Waals surface area contributed by atoms with E-state index >= 15 is 0 Å². The predicted octanol–water partition coefficient (Wildman–Crippen LogP) is 5.99. The Kier molecular flexibility index (Phi) is 6.55. The van der Waals surface area contributed by atoms with E-state index in [0.717, 1.165) is 0 Å². The molecule has 150 valence electrons. The third kappa shape index (κ3) is 4.44. The number of benzene rings is 1. The molecule has 0 unspecified atom stereocenters. The molecule has 12 heteroatoms. The largest absolute Gasteiger partial charge is 0.476 e. The number of carboxylic acids is 1. The first-order chi connectivity index (χ1) is 13.7. The van der Waals surface area contributed by atoms with E-state index in [-0.39, 0.29) is 20.9 Å². The molecule has 1 aromatic carbocycles. The molecule has 0 saturated heterocycles. The molecule has 0 radical (unpaired) electrons. The summed E-state index contributed by atoms with van der Waals surface area (Å²) in [5, 5.41) is 17.9. The number of nitrogens with one attached hydrogen (secondary N) is 1. The fourth-order valence-electron chi connectivity index (χ4n) is 2.35. The molecule has 0 aliphatic heterocycles. The van der Waals surface area contributed by atoms with Gasteiger partial charge in [-0.1, -0.05) is 64.1 Å². The van der Waals surface area contributed by atoms with E-state index in [1.54, 1.807) is 31.2 Å². The standard InChI is InChI=1S/C17H10Cl5N5O2/c1-7-10(16(22)27(26-7)9-4-2-3-8(18)5-9)6-23-25-13-11(19)14(17(28)29)24-15(21)12(13)20/h2-6H,1H3,(H,24,25)(H,28,29). The van der Waals surface area contributed by atoms with Crippen molar-refractivity contribution in [2.24, 2.45) is 5.10 Å². The highest BCUT2D eigenvalue weighted by Crippen LogP contribution is 2.37. The Morgan fingerprint density at radius 1 is 1.21 bits per heavy atom. The van der Waals surface area contributed by atoms with Crippen molar-refractivity contribution in [3.8, 4) is 5.69 Å². The number of aromatic nitrogens is 3. The summed E-state index contributed by atoms with van der Waals surface area (Å²) in [6.45, 7) is 1.75. The van der Waals surface area contributed by atoms with Gasteiger partial charge in [-0.05, 0) is 25.1 Å². The number of halogens is 5. The number of carbonyl (C=O) groups is 1. The van der Waals surface area contributed by atoms with Gasteiger partial charge in [0.15, 0.2) is 10.8 Å². The molecule has 2 aromatic heterocycles. The smallest absolute Gasteiger partial charge is 0.356 e. The van der Waals surface area contributed by atoms with Gasteiger partial charge in [0.1, 0.15) is 15.2 Å². The third-order valence-corrected chi connectivity index (χ3v) is 5.42. The lowest BCUT2D eigenvalue weighted by Crippen LogP contribution is -2.05. The minimum absolute atomic E-state index is 0.00186. The van der Waals surface area contributed by atoms with E-state index in [2.05, 4.69) is 20.6 Å². The van der Waals surface area contributed by atoms with Crippen LogP contribution in [0.25, 0.3) is 5.69 Å². The Bertz CT molecular complexity index is 1150. The average molecular weight is 494 g/mol. The van der Waals surface area contributed by atoms with E-state index in [1.807, 2.05) is 0 Å². The average Bonchev–Trinajstić information content (AvgIpc) is 2.95. The van der Waals surface area contributed by atoms with E-state index in [4.69, 9.17) is 63.1 Å². The molecule has 0 bridgehead atoms. The van der Waals surface area contributed by atoms with E-state index in [9.17, 15) is 4.79 Å². The Morgan fingerprint density at radius 3 is 2.59 bits per heavy atom. The SMILES string of the molecule is Cc1nn(-c2cccc(Cl)c2)c(Cl)c1C=NNc1c(Cl)c(Cl)nc(C(=O)O)c1Cl. The number of hydrazone groups is 1. The van der Waals surface area contributed by atoms with Crippen molar-refractivity contribution in [2.45, 2.75) is 6.92 Å². The number of anilines is 1. The van der Waals surface area contributed by atoms with E-state index < -0.39 is 11.7 Å². The number of hydrogen-bond acceptors (Lipinski definition) is 5. The molecule has 0 fully saturated rings. The van der Waals surface area contributed by atoms with Crippen LogP contribution in [0.2, 0.25) is 25.4 Å². The minimum Gasteiger partial charge on any atom is -0.476 e. The molecule has 0 aliphatic carbocycles. The van der Waals surface area contributed by atoms with Crippen LogP contribution in [-0.4, -0.2) is 32.1 Å². The van der Waals surface area contributed by atoms with Crippen LogP contribution in [0, 0.1) is 6.92 Å². The summed E-state index contributed by atoms with van der Waals surface area (Å²) in [7, 11) is 0. The molecule has 2 heterocycles. The van der Waals surface area contributed by atoms with Crippen LogP contribution >= 0.6 is 58.0 Å². The lowest BCUT2D eigenvalue weighted by molar-refractivity contribution is 0.0691. The van der Waals surface area contributed by atoms with Crippen LogP contribution in [0.4, 0.5) is 5.69 Å². The molecule has 7 nitrogen and oxygen atoms in total. The number of nitrogens with zero attached hydrogens (tertiary/aromatic N) is 4. The summed E-state index contributed by atoms with van der Waals surface area (Å²) in [6, 6.07) is 7.03. The van der Waals surface area contributed by atoms with Crippen LogP contribution in [0.5, 0.6) is 0 Å². The second-order valence-electron chi connectivity index (χ2n) is 5.61. The second kappa shape index (κ2) is 8.77. The zero-order valence-corrected chi connectivity index (χ0v) is 18.2. The van der Waals surface area contributed by atoms with Crippen molar-refractivity contribution < 1.29 is 9.90 Å². The molecule has 0 spiro atoms. The quantitative estimate of drug-likeness (QED) is 0.259. The zero-order chi connectivity index (χ0) is 21.3. The van der Waals surface area contributed by atoms with Gasteiger partial charge in [-0.15, -0.1) is 0 Å². The molecule has 0 saturated carbocycles. The molecule has 3 aromatic rings. The molecule has 0 amide bonds. The number of pyridine rings is 1. The van der Waals surface area contributed by atoms with Gasteiger partial charge in [-0.25, -0.2) is 14.5 Å². The Morgan fingerprint density at radius 2 is 1.93 bits per heavy atom. The first kappa shape index (κ1) is 21.7. The number of carboxylic acid groups (broad SMARTS) is 1. The number of rotatable bonds is 5. The number of aromatic carboxylic acids is 1. The maximum absolute atomic E-state index is 11.2. The van der Waals surface area contributed by atoms with Crippen molar-refractivity contribution >= 4 is 75.9 Å². The van der Waals surface area contributed by atoms with Crippen molar-refractivity contribution in [1.82, 2.24) is 14.8 Å². The highest BCUT2D eigenvalue weighted by Gasteiger charge is 2.21. The van der Waals surface area contributed by atoms with Crippen LogP contribution in [0.15, 0.2) is 29.4 Å². The summed E-state index contributed by atoms with van der Waals surface area (Å²) in [5.41, 5.74) is 3.91. The lowest BCUT2D eigenvalue weighted by atomic mass is 10.3. The Labute approximate surface area is 189 Å². The van der Waals surface area contributed by atoms with E-state index in [0.29, 0.717) is 27.1 Å². The van der Waals surface area contributed by atoms with Crippen molar-refractivity contribution in [2.75, 3.05) is 5.43 Å². The topological polar surface area (TPSA) is 92.4 Å². The van der Waals surface area contributed by atoms with Gasteiger partial charge < -0.3 is 5.11 Å². The van der Waals surface area contributed by atoms with Crippen molar-refractivity contribution in [3.63, 3.8) is 0 Å². The maximum atomic E-state index is 11.2. The molecule has 29 heavy (non-hydrogen) atoms. The van der Waals surface area contributed by atoms with Gasteiger partial charge in [0.2, 0.25) is 0 Å². The normalized spacial score (nSPS) is 11.2. The van der Waals surface area contributed by atoms with Crippen LogP contribution < -0.4 is 5.43 Å². The molecular formula is C17H10Cl5N5O2. The van der Waals surface area contributed by atoms with Gasteiger partial charge in [-0.2, -0.15) is 10.2 Å². The summed E-state index contributed by atoms with van der Waals surface area (Å²) < 4.78 is 1.51. The van der Waals surface area contributed by atoms with Crippen molar-refractivity contribution in [3.05, 3.63) is 66.6 Å². The molecular weight excluding hydrogens is 483 g/mol. The van der Waals surface area contributed by atoms with Crippen molar-refractivity contribution in [1.29, 1.82) is 0 Å². The van der Waals surface area contributed by atoms with Crippen LogP contribution in [0.1, 0.15) is 21.7 Å². The Balaban J connectivity index is 1.94. The number of hydrogen-bond donors (Lipinski definition) is 2. The summed E-state index contributed by atoms with van der Waals surface area (Å²) >= 11 is 30.4. The molecule has 0 atom stereocenters. The summed E-state index contributed by atoms with van der Waals surface area (Å²) in [4.78, 5) is 14.9. The van der Waals surface area contributed by atoms with Crippen LogP contribution in [-0.2, 0) is 0 Å². The maximum Gasteiger partial charge on any atom is 0.356 e. The second-order valence-corrected chi connectivity index (χ2v) is 7.52. The Hall–Kier alpha value is -2.03. The predicted molar refractivity (Wildman–Crippen MR) is 116 cm³/mol. The summed E-state index contributed by atoms with van der Waals surface area (Å²) in [6.07, 6.45) is 1.40. The number of aryl methyl sites for hydroxylation is 1. The molecule has 3 rings (SSSR count).